The van der Waals surface area contributed by atoms with Crippen LogP contribution in [0.2, 0.25) is 0 Å². The average Bonchev–Trinajstić information content (AvgIpc) is 3.27. The molecule has 1 fully saturated rings. The molecule has 0 saturated carbocycles. The van der Waals surface area contributed by atoms with Crippen molar-refractivity contribution in [2.75, 3.05) is 64.8 Å². The van der Waals surface area contributed by atoms with Crippen LogP contribution >= 0.6 is 11.9 Å². The summed E-state index contributed by atoms with van der Waals surface area (Å²) in [6.07, 6.45) is -2.67. The number of nitrogens with one attached hydrogen (secondary N) is 2. The maximum absolute atomic E-state index is 13.5. The van der Waals surface area contributed by atoms with E-state index < -0.39 is 12.7 Å². The molecule has 1 saturated heterocycles. The molecule has 0 amide bonds. The highest BCUT2D eigenvalue weighted by Gasteiger charge is 2.30. The minimum atomic E-state index is -4.38. The van der Waals surface area contributed by atoms with Crippen LogP contribution in [0.15, 0.2) is 47.4 Å². The van der Waals surface area contributed by atoms with Crippen molar-refractivity contribution in [1.82, 2.24) is 8.87 Å². The molecule has 0 aliphatic carbocycles. The van der Waals surface area contributed by atoms with E-state index in [0.717, 1.165) is 41.0 Å². The van der Waals surface area contributed by atoms with Crippen molar-refractivity contribution < 1.29 is 27.4 Å². The number of rotatable bonds is 11. The van der Waals surface area contributed by atoms with Gasteiger partial charge in [0.1, 0.15) is 12.3 Å². The second-order valence-corrected chi connectivity index (χ2v) is 10.7. The Morgan fingerprint density at radius 3 is 2.65 bits per heavy atom. The van der Waals surface area contributed by atoms with Gasteiger partial charge >= 0.3 is 6.18 Å². The maximum Gasteiger partial charge on any atom is 0.406 e. The summed E-state index contributed by atoms with van der Waals surface area (Å²) < 4.78 is 60.0. The van der Waals surface area contributed by atoms with E-state index in [1.807, 2.05) is 31.3 Å². The molecule has 0 spiro atoms. The monoisotopic (exact) mass is 576 g/mol. The standard InChI is InChI=1S/C29H35F3N4O3S/c1-35(14-17-37-2)40-23-9-10-26(28(19-23)38-3)33-13-5-6-22-18-24-25(34-21-11-15-39-16-12-21)7-4-8-27(24)36(22)20-29(30,31)32/h4,7-10,18-19,21,33-34H,11-17,20H2,1-3H3. The third-order valence-electron chi connectivity index (χ3n) is 6.49. The quantitative estimate of drug-likeness (QED) is 0.219. The fourth-order valence-electron chi connectivity index (χ4n) is 4.52. The number of methoxy groups -OCH3 is 2. The number of aromatic nitrogens is 1. The van der Waals surface area contributed by atoms with Gasteiger partial charge in [-0.2, -0.15) is 13.2 Å². The second-order valence-electron chi connectivity index (χ2n) is 9.45. The minimum absolute atomic E-state index is 0.217. The van der Waals surface area contributed by atoms with Crippen molar-refractivity contribution >= 4 is 34.2 Å². The van der Waals surface area contributed by atoms with Gasteiger partial charge in [-0.1, -0.05) is 12.0 Å². The molecule has 0 radical (unpaired) electrons. The molecule has 2 heterocycles. The molecule has 1 aromatic heterocycles. The van der Waals surface area contributed by atoms with Crippen molar-refractivity contribution in [2.24, 2.45) is 0 Å². The number of hydrogen-bond acceptors (Lipinski definition) is 7. The van der Waals surface area contributed by atoms with Crippen LogP contribution in [0.5, 0.6) is 5.75 Å². The molecule has 0 atom stereocenters. The van der Waals surface area contributed by atoms with Crippen molar-refractivity contribution in [3.8, 4) is 17.6 Å². The predicted molar refractivity (Wildman–Crippen MR) is 154 cm³/mol. The fraction of sp³-hybridized carbons (Fsp3) is 0.448. The van der Waals surface area contributed by atoms with Gasteiger partial charge in [0.2, 0.25) is 0 Å². The van der Waals surface area contributed by atoms with Crippen molar-refractivity contribution in [3.63, 3.8) is 0 Å². The first-order valence-electron chi connectivity index (χ1n) is 13.1. The Kier molecular flexibility index (Phi) is 10.5. The summed E-state index contributed by atoms with van der Waals surface area (Å²) in [5.74, 6) is 6.61. The van der Waals surface area contributed by atoms with Gasteiger partial charge in [-0.05, 0) is 74.2 Å². The number of likely N-dealkylation sites (N-methyl/N-ethyl adjacent to an activating group) is 1. The third kappa shape index (κ3) is 8.24. The topological polar surface area (TPSA) is 59.9 Å². The Hall–Kier alpha value is -3.04. The second kappa shape index (κ2) is 14.0. The van der Waals surface area contributed by atoms with E-state index in [-0.39, 0.29) is 12.6 Å². The number of alkyl halides is 3. The molecule has 0 unspecified atom stereocenters. The fourth-order valence-corrected chi connectivity index (χ4v) is 5.33. The third-order valence-corrected chi connectivity index (χ3v) is 7.45. The van der Waals surface area contributed by atoms with Gasteiger partial charge in [-0.3, -0.25) is 0 Å². The van der Waals surface area contributed by atoms with Crippen LogP contribution in [0.1, 0.15) is 18.5 Å². The SMILES string of the molecule is COCCN(C)Sc1ccc(NCC#Cc2cc3c(NC4CCOCC4)cccc3n2CC(F)(F)F)c(OC)c1. The zero-order valence-corrected chi connectivity index (χ0v) is 23.8. The minimum Gasteiger partial charge on any atom is -0.495 e. The summed E-state index contributed by atoms with van der Waals surface area (Å²) in [6, 6.07) is 13.1. The highest BCUT2D eigenvalue weighted by molar-refractivity contribution is 7.97. The molecule has 4 rings (SSSR count). The number of fused-ring (bicyclic) bond motifs is 1. The molecule has 2 N–H and O–H groups in total. The van der Waals surface area contributed by atoms with Crippen LogP contribution in [-0.4, -0.2) is 75.3 Å². The molecular weight excluding hydrogens is 541 g/mol. The number of benzene rings is 2. The van der Waals surface area contributed by atoms with Crippen LogP contribution in [0.25, 0.3) is 10.9 Å². The van der Waals surface area contributed by atoms with Crippen molar-refractivity contribution in [1.29, 1.82) is 0 Å². The van der Waals surface area contributed by atoms with Gasteiger partial charge in [-0.15, -0.1) is 0 Å². The highest BCUT2D eigenvalue weighted by atomic mass is 32.2. The molecular formula is C29H35F3N4O3S. The summed E-state index contributed by atoms with van der Waals surface area (Å²) in [7, 11) is 5.25. The van der Waals surface area contributed by atoms with Gasteiger partial charge in [-0.25, -0.2) is 4.31 Å². The van der Waals surface area contributed by atoms with Crippen LogP contribution in [0, 0.1) is 11.8 Å². The summed E-state index contributed by atoms with van der Waals surface area (Å²) in [5, 5.41) is 7.44. The first-order chi connectivity index (χ1) is 19.3. The maximum atomic E-state index is 13.5. The predicted octanol–water partition coefficient (Wildman–Crippen LogP) is 5.85. The van der Waals surface area contributed by atoms with E-state index in [1.165, 1.54) is 4.57 Å². The molecule has 1 aliphatic heterocycles. The average molecular weight is 577 g/mol. The zero-order chi connectivity index (χ0) is 28.5. The van der Waals surface area contributed by atoms with Crippen LogP contribution < -0.4 is 15.4 Å². The van der Waals surface area contributed by atoms with Crippen molar-refractivity contribution in [3.05, 3.63) is 48.2 Å². The summed E-state index contributed by atoms with van der Waals surface area (Å²) in [5.41, 5.74) is 2.37. The molecule has 0 bridgehead atoms. The first-order valence-corrected chi connectivity index (χ1v) is 13.9. The van der Waals surface area contributed by atoms with Crippen LogP contribution in [0.4, 0.5) is 24.5 Å². The lowest BCUT2D eigenvalue weighted by molar-refractivity contribution is -0.140. The van der Waals surface area contributed by atoms with E-state index in [1.54, 1.807) is 44.4 Å². The van der Waals surface area contributed by atoms with Gasteiger partial charge < -0.3 is 29.4 Å². The molecule has 7 nitrogen and oxygen atoms in total. The van der Waals surface area contributed by atoms with E-state index in [0.29, 0.717) is 36.8 Å². The van der Waals surface area contributed by atoms with Gasteiger partial charge in [0.15, 0.2) is 0 Å². The number of ether oxygens (including phenoxy) is 3. The molecule has 216 valence electrons. The Balaban J connectivity index is 1.51. The van der Waals surface area contributed by atoms with Gasteiger partial charge in [0.25, 0.3) is 0 Å². The lowest BCUT2D eigenvalue weighted by Gasteiger charge is -2.24. The molecule has 11 heteroatoms. The lowest BCUT2D eigenvalue weighted by atomic mass is 10.1. The van der Waals surface area contributed by atoms with Crippen LogP contribution in [-0.2, 0) is 16.0 Å². The van der Waals surface area contributed by atoms with E-state index in [9.17, 15) is 13.2 Å². The molecule has 2 aromatic carbocycles. The van der Waals surface area contributed by atoms with E-state index in [4.69, 9.17) is 14.2 Å². The summed E-state index contributed by atoms with van der Waals surface area (Å²) >= 11 is 1.58. The highest BCUT2D eigenvalue weighted by Crippen LogP contribution is 2.32. The summed E-state index contributed by atoms with van der Waals surface area (Å²) in [6.45, 7) is 1.87. The molecule has 40 heavy (non-hydrogen) atoms. The first kappa shape index (κ1) is 29.9. The molecule has 1 aliphatic rings. The molecule has 3 aromatic rings. The summed E-state index contributed by atoms with van der Waals surface area (Å²) in [4.78, 5) is 1.01. The lowest BCUT2D eigenvalue weighted by Crippen LogP contribution is -2.27. The van der Waals surface area contributed by atoms with Crippen LogP contribution in [0.3, 0.4) is 0 Å². The van der Waals surface area contributed by atoms with Gasteiger partial charge in [0, 0.05) is 48.9 Å². The number of nitrogens with zero attached hydrogens (tertiary/aromatic N) is 2. The van der Waals surface area contributed by atoms with Gasteiger partial charge in [0.05, 0.1) is 37.2 Å². The zero-order valence-electron chi connectivity index (χ0n) is 22.9. The Labute approximate surface area is 237 Å². The Bertz CT molecular complexity index is 1330. The smallest absolute Gasteiger partial charge is 0.406 e. The number of anilines is 2. The van der Waals surface area contributed by atoms with E-state index >= 15 is 0 Å². The normalized spacial score (nSPS) is 14.3. The largest absolute Gasteiger partial charge is 0.495 e. The van der Waals surface area contributed by atoms with Crippen molar-refractivity contribution in [2.45, 2.75) is 36.5 Å². The Morgan fingerprint density at radius 2 is 1.93 bits per heavy atom. The Morgan fingerprint density at radius 1 is 1.12 bits per heavy atom. The number of halogens is 3. The van der Waals surface area contributed by atoms with E-state index in [2.05, 4.69) is 26.8 Å². The number of hydrogen-bond donors (Lipinski definition) is 2.